The van der Waals surface area contributed by atoms with E-state index < -0.39 is 0 Å². The van der Waals surface area contributed by atoms with Crippen LogP contribution in [-0.4, -0.2) is 13.2 Å². The lowest BCUT2D eigenvalue weighted by atomic mass is 9.93. The molecule has 3 aliphatic rings. The summed E-state index contributed by atoms with van der Waals surface area (Å²) in [5.74, 6) is 1.82. The van der Waals surface area contributed by atoms with E-state index in [0.717, 1.165) is 47.8 Å². The van der Waals surface area contributed by atoms with Gasteiger partial charge in [-0.05, 0) is 12.8 Å². The molecule has 1 aromatic rings. The Labute approximate surface area is 105 Å². The number of hydrogen-bond donors (Lipinski definition) is 1. The van der Waals surface area contributed by atoms with Gasteiger partial charge < -0.3 is 15.2 Å². The zero-order valence-electron chi connectivity index (χ0n) is 9.51. The number of benzene rings is 1. The average molecular weight is 252 g/mol. The topological polar surface area (TPSA) is 44.5 Å². The van der Waals surface area contributed by atoms with Gasteiger partial charge in [0.2, 0.25) is 0 Å². The van der Waals surface area contributed by atoms with E-state index >= 15 is 0 Å². The van der Waals surface area contributed by atoms with Gasteiger partial charge in [0.1, 0.15) is 11.5 Å². The van der Waals surface area contributed by atoms with Crippen LogP contribution in [0.4, 0.5) is 0 Å². The van der Waals surface area contributed by atoms with Crippen molar-refractivity contribution in [2.24, 2.45) is 5.73 Å². The van der Waals surface area contributed by atoms with Gasteiger partial charge in [0, 0.05) is 35.1 Å². The maximum Gasteiger partial charge on any atom is 0.142 e. The van der Waals surface area contributed by atoms with Crippen LogP contribution in [0.25, 0.3) is 0 Å². The number of ether oxygens (including phenoxy) is 2. The smallest absolute Gasteiger partial charge is 0.142 e. The standard InChI is InChI=1S/C13H14ClNO2/c14-10-8-2-6-16-11(8)9(13(15)3-4-13)7-1-5-17-12(7)10/h1-6,15H2. The van der Waals surface area contributed by atoms with Crippen molar-refractivity contribution in [1.82, 2.24) is 0 Å². The van der Waals surface area contributed by atoms with Crippen molar-refractivity contribution in [2.75, 3.05) is 13.2 Å². The molecule has 1 saturated carbocycles. The first-order valence-corrected chi connectivity index (χ1v) is 6.51. The van der Waals surface area contributed by atoms with E-state index in [-0.39, 0.29) is 5.54 Å². The highest BCUT2D eigenvalue weighted by Gasteiger charge is 2.47. The Morgan fingerprint density at radius 3 is 2.35 bits per heavy atom. The van der Waals surface area contributed by atoms with Crippen molar-refractivity contribution < 1.29 is 9.47 Å². The van der Waals surface area contributed by atoms with Gasteiger partial charge in [0.05, 0.1) is 18.2 Å². The second-order valence-corrected chi connectivity index (χ2v) is 5.54. The highest BCUT2D eigenvalue weighted by atomic mass is 35.5. The summed E-state index contributed by atoms with van der Waals surface area (Å²) in [6.45, 7) is 1.42. The molecule has 0 spiro atoms. The number of hydrogen-bond acceptors (Lipinski definition) is 3. The van der Waals surface area contributed by atoms with Crippen molar-refractivity contribution in [1.29, 1.82) is 0 Å². The molecular formula is C13H14ClNO2. The minimum absolute atomic E-state index is 0.184. The molecule has 2 aliphatic heterocycles. The third-order valence-corrected chi connectivity index (χ3v) is 4.42. The van der Waals surface area contributed by atoms with Gasteiger partial charge >= 0.3 is 0 Å². The van der Waals surface area contributed by atoms with Gasteiger partial charge in [-0.2, -0.15) is 0 Å². The van der Waals surface area contributed by atoms with Crippen molar-refractivity contribution in [3.63, 3.8) is 0 Å². The Bertz CT molecular complexity index is 488. The lowest BCUT2D eigenvalue weighted by molar-refractivity contribution is 0.350. The molecule has 4 heteroatoms. The van der Waals surface area contributed by atoms with Crippen LogP contribution in [0, 0.1) is 0 Å². The van der Waals surface area contributed by atoms with Gasteiger partial charge in [-0.1, -0.05) is 11.6 Å². The van der Waals surface area contributed by atoms with Gasteiger partial charge in [-0.15, -0.1) is 0 Å². The molecule has 1 aliphatic carbocycles. The maximum absolute atomic E-state index is 6.40. The van der Waals surface area contributed by atoms with Crippen molar-refractivity contribution in [3.05, 3.63) is 21.7 Å². The zero-order chi connectivity index (χ0) is 11.6. The predicted octanol–water partition coefficient (Wildman–Crippen LogP) is 2.16. The number of fused-ring (bicyclic) bond motifs is 2. The van der Waals surface area contributed by atoms with E-state index in [0.29, 0.717) is 13.2 Å². The highest BCUT2D eigenvalue weighted by molar-refractivity contribution is 6.33. The molecule has 0 aromatic heterocycles. The minimum atomic E-state index is -0.184. The summed E-state index contributed by atoms with van der Waals surface area (Å²) in [7, 11) is 0. The molecule has 0 amide bonds. The number of rotatable bonds is 1. The third-order valence-electron chi connectivity index (χ3n) is 4.02. The first-order valence-electron chi connectivity index (χ1n) is 6.13. The van der Waals surface area contributed by atoms with Crippen molar-refractivity contribution >= 4 is 11.6 Å². The van der Waals surface area contributed by atoms with Crippen molar-refractivity contribution in [2.45, 2.75) is 31.2 Å². The van der Waals surface area contributed by atoms with Crippen LogP contribution >= 0.6 is 11.6 Å². The molecule has 0 atom stereocenters. The molecular weight excluding hydrogens is 238 g/mol. The van der Waals surface area contributed by atoms with Crippen molar-refractivity contribution in [3.8, 4) is 11.5 Å². The van der Waals surface area contributed by atoms with E-state index in [1.165, 1.54) is 11.1 Å². The van der Waals surface area contributed by atoms with Gasteiger partial charge in [-0.3, -0.25) is 0 Å². The third kappa shape index (κ3) is 1.21. The second kappa shape index (κ2) is 3.09. The first-order chi connectivity index (χ1) is 8.21. The minimum Gasteiger partial charge on any atom is -0.493 e. The van der Waals surface area contributed by atoms with E-state index in [9.17, 15) is 0 Å². The Morgan fingerprint density at radius 2 is 1.65 bits per heavy atom. The SMILES string of the molecule is NC1(c2c3c(c(Cl)c4c2OCC4)OCC3)CC1. The number of nitrogens with two attached hydrogens (primary N) is 1. The summed E-state index contributed by atoms with van der Waals surface area (Å²) in [5, 5.41) is 0.748. The van der Waals surface area contributed by atoms with E-state index in [2.05, 4.69) is 0 Å². The Kier molecular flexibility index (Phi) is 1.82. The molecule has 2 heterocycles. The molecule has 0 unspecified atom stereocenters. The predicted molar refractivity (Wildman–Crippen MR) is 64.9 cm³/mol. The lowest BCUT2D eigenvalue weighted by Gasteiger charge is -2.19. The fourth-order valence-corrected chi connectivity index (χ4v) is 3.31. The molecule has 1 fully saturated rings. The zero-order valence-corrected chi connectivity index (χ0v) is 10.3. The lowest BCUT2D eigenvalue weighted by Crippen LogP contribution is -2.21. The Hall–Kier alpha value is -0.930. The second-order valence-electron chi connectivity index (χ2n) is 5.16. The Morgan fingerprint density at radius 1 is 1.00 bits per heavy atom. The molecule has 4 rings (SSSR count). The fraction of sp³-hybridized carbons (Fsp3) is 0.538. The van der Waals surface area contributed by atoms with E-state index in [1.54, 1.807) is 0 Å². The summed E-state index contributed by atoms with van der Waals surface area (Å²) >= 11 is 6.40. The van der Waals surface area contributed by atoms with Crippen LogP contribution in [0.15, 0.2) is 0 Å². The largest absolute Gasteiger partial charge is 0.493 e. The van der Waals surface area contributed by atoms with Crippen LogP contribution in [-0.2, 0) is 18.4 Å². The molecule has 0 bridgehead atoms. The summed E-state index contributed by atoms with van der Waals surface area (Å²) in [6.07, 6.45) is 3.85. The van der Waals surface area contributed by atoms with Crippen LogP contribution < -0.4 is 15.2 Å². The Balaban J connectivity index is 2.05. The average Bonchev–Trinajstić information content (AvgIpc) is 2.79. The molecule has 90 valence electrons. The quantitative estimate of drug-likeness (QED) is 0.832. The van der Waals surface area contributed by atoms with Gasteiger partial charge in [0.15, 0.2) is 0 Å². The van der Waals surface area contributed by atoms with Crippen LogP contribution in [0.5, 0.6) is 11.5 Å². The van der Waals surface area contributed by atoms with E-state index in [4.69, 9.17) is 26.8 Å². The molecule has 0 saturated heterocycles. The van der Waals surface area contributed by atoms with Gasteiger partial charge in [0.25, 0.3) is 0 Å². The van der Waals surface area contributed by atoms with E-state index in [1.807, 2.05) is 0 Å². The molecule has 17 heavy (non-hydrogen) atoms. The van der Waals surface area contributed by atoms with Gasteiger partial charge in [-0.25, -0.2) is 0 Å². The monoisotopic (exact) mass is 251 g/mol. The summed E-state index contributed by atoms with van der Waals surface area (Å²) < 4.78 is 11.5. The molecule has 3 nitrogen and oxygen atoms in total. The molecule has 2 N–H and O–H groups in total. The fourth-order valence-electron chi connectivity index (χ4n) is 2.96. The normalized spacial score (nSPS) is 22.7. The van der Waals surface area contributed by atoms with Crippen LogP contribution in [0.1, 0.15) is 29.5 Å². The summed E-state index contributed by atoms with van der Waals surface area (Å²) in [6, 6.07) is 0. The summed E-state index contributed by atoms with van der Waals surface area (Å²) in [5.41, 5.74) is 9.67. The maximum atomic E-state index is 6.40. The first kappa shape index (κ1) is 10.0. The molecule has 1 aromatic carbocycles. The number of halogens is 1. The van der Waals surface area contributed by atoms with Crippen LogP contribution in [0.3, 0.4) is 0 Å². The van der Waals surface area contributed by atoms with Crippen LogP contribution in [0.2, 0.25) is 5.02 Å². The summed E-state index contributed by atoms with van der Waals surface area (Å²) in [4.78, 5) is 0. The highest BCUT2D eigenvalue weighted by Crippen LogP contribution is 2.55. The molecule has 0 radical (unpaired) electrons.